The first-order valence-corrected chi connectivity index (χ1v) is 9.06. The van der Waals surface area contributed by atoms with Gasteiger partial charge in [-0.2, -0.15) is 0 Å². The number of amides is 1. The lowest BCUT2D eigenvalue weighted by atomic mass is 9.97. The molecule has 0 unspecified atom stereocenters. The lowest BCUT2D eigenvalue weighted by Gasteiger charge is -2.30. The molecule has 10 heteroatoms. The van der Waals surface area contributed by atoms with Gasteiger partial charge in [-0.15, -0.1) is 0 Å². The second-order valence-electron chi connectivity index (χ2n) is 6.65. The number of piperidine rings is 1. The van der Waals surface area contributed by atoms with E-state index in [0.717, 1.165) is 23.2 Å². The molecule has 1 aliphatic rings. The van der Waals surface area contributed by atoms with Crippen LogP contribution in [0.25, 0.3) is 11.1 Å². The van der Waals surface area contributed by atoms with Crippen LogP contribution in [0, 0.1) is 10.1 Å². The van der Waals surface area contributed by atoms with E-state index in [1.165, 1.54) is 0 Å². The molecule has 0 saturated carbocycles. The van der Waals surface area contributed by atoms with E-state index in [-0.39, 0.29) is 17.6 Å². The van der Waals surface area contributed by atoms with Crippen LogP contribution in [0.2, 0.25) is 0 Å². The summed E-state index contributed by atoms with van der Waals surface area (Å²) < 4.78 is 15.5. The van der Waals surface area contributed by atoms with E-state index in [1.54, 1.807) is 4.90 Å². The molecule has 0 spiro atoms. The zero-order valence-electron chi connectivity index (χ0n) is 15.3. The number of hydrogen-bond acceptors (Lipinski definition) is 8. The Balaban J connectivity index is 1.28. The van der Waals surface area contributed by atoms with Gasteiger partial charge in [-0.25, -0.2) is 9.78 Å². The SMILES string of the molecule is O=C(OCC(=O)N1CCC(c2nc3ccccc3o2)CC1)c1ccc([N+](=O)[O-])o1. The van der Waals surface area contributed by atoms with Crippen LogP contribution in [0.1, 0.15) is 35.2 Å². The number of likely N-dealkylation sites (tertiary alicyclic amines) is 1. The Morgan fingerprint density at radius 1 is 1.17 bits per heavy atom. The summed E-state index contributed by atoms with van der Waals surface area (Å²) in [4.78, 5) is 40.1. The second-order valence-corrected chi connectivity index (χ2v) is 6.65. The van der Waals surface area contributed by atoms with Crippen LogP contribution in [0.3, 0.4) is 0 Å². The molecule has 1 amide bonds. The van der Waals surface area contributed by atoms with Crippen molar-refractivity contribution in [3.8, 4) is 0 Å². The summed E-state index contributed by atoms with van der Waals surface area (Å²) in [6.45, 7) is 0.527. The number of ether oxygens (including phenoxy) is 1. The van der Waals surface area contributed by atoms with Gasteiger partial charge < -0.3 is 18.5 Å². The summed E-state index contributed by atoms with van der Waals surface area (Å²) in [7, 11) is 0. The number of nitro groups is 1. The van der Waals surface area contributed by atoms with Crippen LogP contribution >= 0.6 is 0 Å². The summed E-state index contributed by atoms with van der Waals surface area (Å²) in [5.41, 5.74) is 1.55. The lowest BCUT2D eigenvalue weighted by molar-refractivity contribution is -0.402. The molecule has 1 aliphatic heterocycles. The first-order chi connectivity index (χ1) is 14.0. The molecule has 0 N–H and O–H groups in total. The van der Waals surface area contributed by atoms with E-state index in [0.29, 0.717) is 31.8 Å². The quantitative estimate of drug-likeness (QED) is 0.364. The number of hydrogen-bond donors (Lipinski definition) is 0. The highest BCUT2D eigenvalue weighted by Gasteiger charge is 2.28. The third-order valence-electron chi connectivity index (χ3n) is 4.81. The Morgan fingerprint density at radius 3 is 2.62 bits per heavy atom. The maximum atomic E-state index is 12.3. The molecule has 3 heterocycles. The molecule has 0 bridgehead atoms. The third-order valence-corrected chi connectivity index (χ3v) is 4.81. The van der Waals surface area contributed by atoms with E-state index in [1.807, 2.05) is 24.3 Å². The summed E-state index contributed by atoms with van der Waals surface area (Å²) >= 11 is 0. The Labute approximate surface area is 164 Å². The van der Waals surface area contributed by atoms with Crippen molar-refractivity contribution < 1.29 is 28.1 Å². The molecular weight excluding hydrogens is 382 g/mol. The average Bonchev–Trinajstić information content (AvgIpc) is 3.39. The molecule has 0 radical (unpaired) electrons. The highest BCUT2D eigenvalue weighted by Crippen LogP contribution is 2.30. The van der Waals surface area contributed by atoms with Gasteiger partial charge in [-0.3, -0.25) is 14.9 Å². The largest absolute Gasteiger partial charge is 0.450 e. The van der Waals surface area contributed by atoms with Gasteiger partial charge in [-0.1, -0.05) is 12.1 Å². The normalized spacial score (nSPS) is 14.8. The van der Waals surface area contributed by atoms with Gasteiger partial charge in [-0.05, 0) is 31.0 Å². The number of fused-ring (bicyclic) bond motifs is 1. The third kappa shape index (κ3) is 3.96. The number of carbonyl (C=O) groups is 2. The Hall–Kier alpha value is -3.69. The van der Waals surface area contributed by atoms with Crippen LogP contribution in [0.5, 0.6) is 0 Å². The number of rotatable bonds is 5. The number of nitrogens with zero attached hydrogens (tertiary/aromatic N) is 3. The number of oxazole rings is 1. The minimum Gasteiger partial charge on any atom is -0.450 e. The van der Waals surface area contributed by atoms with E-state index in [2.05, 4.69) is 4.98 Å². The number of aromatic nitrogens is 1. The van der Waals surface area contributed by atoms with Crippen LogP contribution < -0.4 is 0 Å². The van der Waals surface area contributed by atoms with E-state index >= 15 is 0 Å². The van der Waals surface area contributed by atoms with Crippen molar-refractivity contribution in [2.45, 2.75) is 18.8 Å². The van der Waals surface area contributed by atoms with E-state index < -0.39 is 23.4 Å². The van der Waals surface area contributed by atoms with Gasteiger partial charge in [0.25, 0.3) is 5.91 Å². The van der Waals surface area contributed by atoms with Gasteiger partial charge in [0, 0.05) is 19.0 Å². The fraction of sp³-hybridized carbons (Fsp3) is 0.316. The minimum atomic E-state index is -0.923. The standard InChI is InChI=1S/C19H17N3O7/c23-16(11-27-19(24)15-5-6-17(28-15)22(25)26)21-9-7-12(8-10-21)18-20-13-3-1-2-4-14(13)29-18/h1-6,12H,7-11H2. The fourth-order valence-electron chi connectivity index (χ4n) is 3.27. The highest BCUT2D eigenvalue weighted by atomic mass is 16.7. The van der Waals surface area contributed by atoms with Crippen LogP contribution in [0.15, 0.2) is 45.2 Å². The highest BCUT2D eigenvalue weighted by molar-refractivity contribution is 5.89. The van der Waals surface area contributed by atoms with Crippen LogP contribution in [-0.2, 0) is 9.53 Å². The monoisotopic (exact) mass is 399 g/mol. The summed E-state index contributed by atoms with van der Waals surface area (Å²) in [6.07, 6.45) is 1.38. The fourth-order valence-corrected chi connectivity index (χ4v) is 3.27. The van der Waals surface area contributed by atoms with Crippen molar-refractivity contribution in [2.24, 2.45) is 0 Å². The van der Waals surface area contributed by atoms with Gasteiger partial charge in [0.2, 0.25) is 5.76 Å². The first-order valence-electron chi connectivity index (χ1n) is 9.06. The first kappa shape index (κ1) is 18.7. The number of esters is 1. The Bertz CT molecular complexity index is 1030. The summed E-state index contributed by atoms with van der Waals surface area (Å²) in [6, 6.07) is 9.74. The number of carbonyl (C=O) groups excluding carboxylic acids is 2. The molecule has 2 aromatic heterocycles. The zero-order valence-corrected chi connectivity index (χ0v) is 15.3. The van der Waals surface area contributed by atoms with Crippen molar-refractivity contribution in [2.75, 3.05) is 19.7 Å². The second kappa shape index (κ2) is 7.74. The van der Waals surface area contributed by atoms with Crippen molar-refractivity contribution in [3.05, 3.63) is 58.2 Å². The molecule has 3 aromatic rings. The number of para-hydroxylation sites is 2. The molecule has 0 atom stereocenters. The smallest absolute Gasteiger partial charge is 0.433 e. The Kier molecular flexibility index (Phi) is 4.98. The molecule has 1 fully saturated rings. The van der Waals surface area contributed by atoms with Gasteiger partial charge in [0.15, 0.2) is 18.1 Å². The maximum Gasteiger partial charge on any atom is 0.433 e. The molecular formula is C19H17N3O7. The number of furan rings is 1. The summed E-state index contributed by atoms with van der Waals surface area (Å²) in [5, 5.41) is 10.6. The predicted molar refractivity (Wildman–Crippen MR) is 98.2 cm³/mol. The van der Waals surface area contributed by atoms with Gasteiger partial charge >= 0.3 is 11.9 Å². The van der Waals surface area contributed by atoms with Crippen molar-refractivity contribution in [3.63, 3.8) is 0 Å². The summed E-state index contributed by atoms with van der Waals surface area (Å²) in [5.74, 6) is -1.35. The Morgan fingerprint density at radius 2 is 1.93 bits per heavy atom. The van der Waals surface area contributed by atoms with E-state index in [4.69, 9.17) is 13.6 Å². The average molecular weight is 399 g/mol. The zero-order chi connectivity index (χ0) is 20.4. The van der Waals surface area contributed by atoms with Gasteiger partial charge in [0.05, 0.1) is 6.07 Å². The van der Waals surface area contributed by atoms with E-state index in [9.17, 15) is 19.7 Å². The number of benzene rings is 1. The lowest BCUT2D eigenvalue weighted by Crippen LogP contribution is -2.40. The molecule has 1 saturated heterocycles. The van der Waals surface area contributed by atoms with Gasteiger partial charge in [0.1, 0.15) is 10.4 Å². The maximum absolute atomic E-state index is 12.3. The molecule has 1 aromatic carbocycles. The molecule has 0 aliphatic carbocycles. The molecule has 150 valence electrons. The molecule has 29 heavy (non-hydrogen) atoms. The predicted octanol–water partition coefficient (Wildman–Crippen LogP) is 2.89. The topological polar surface area (TPSA) is 129 Å². The van der Waals surface area contributed by atoms with Crippen LogP contribution in [-0.4, -0.2) is 46.4 Å². The van der Waals surface area contributed by atoms with Crippen LogP contribution in [0.4, 0.5) is 5.88 Å². The molecule has 10 nitrogen and oxygen atoms in total. The minimum absolute atomic E-state index is 0.123. The molecule has 4 rings (SSSR count). The van der Waals surface area contributed by atoms with Crippen molar-refractivity contribution in [1.82, 2.24) is 9.88 Å². The van der Waals surface area contributed by atoms with Crippen molar-refractivity contribution >= 4 is 28.9 Å². The van der Waals surface area contributed by atoms with Crippen molar-refractivity contribution in [1.29, 1.82) is 0 Å².